The highest BCUT2D eigenvalue weighted by Gasteiger charge is 2.26. The van der Waals surface area contributed by atoms with Crippen LogP contribution in [0.5, 0.6) is 0 Å². The fourth-order valence-electron chi connectivity index (χ4n) is 0.570. The Morgan fingerprint density at radius 2 is 2.17 bits per heavy atom. The third kappa shape index (κ3) is 4.27. The molecule has 0 bridgehead atoms. The Kier molecular flexibility index (Phi) is 4.16. The summed E-state index contributed by atoms with van der Waals surface area (Å²) in [4.78, 5) is 10.0. The van der Waals surface area contributed by atoms with Crippen molar-refractivity contribution in [3.05, 3.63) is 0 Å². The molecular formula is C7H15NO4. The molecular weight excluding hydrogens is 162 g/mol. The molecule has 0 heterocycles. The number of hydrogen-bond donors (Lipinski definition) is 4. The number of carboxylic acid groups (broad SMARTS) is 1. The average Bonchev–Trinajstić information content (AvgIpc) is 1.85. The van der Waals surface area contributed by atoms with Gasteiger partial charge < -0.3 is 20.6 Å². The van der Waals surface area contributed by atoms with Gasteiger partial charge in [0.15, 0.2) is 0 Å². The van der Waals surface area contributed by atoms with E-state index in [0.29, 0.717) is 0 Å². The molecule has 0 saturated heterocycles. The molecule has 0 saturated carbocycles. The molecule has 12 heavy (non-hydrogen) atoms. The zero-order chi connectivity index (χ0) is 9.78. The van der Waals surface area contributed by atoms with Gasteiger partial charge in [0.25, 0.3) is 0 Å². The highest BCUT2D eigenvalue weighted by Crippen LogP contribution is 2.06. The van der Waals surface area contributed by atoms with Crippen LogP contribution in [0.15, 0.2) is 0 Å². The molecule has 0 aromatic rings. The molecule has 72 valence electrons. The SMILES string of the molecule is CC(O)C(C)(O)CNCC(=O)O. The molecule has 0 radical (unpaired) electrons. The first-order valence-electron chi connectivity index (χ1n) is 3.69. The second-order valence-corrected chi connectivity index (χ2v) is 3.03. The normalized spacial score (nSPS) is 18.3. The number of aliphatic hydroxyl groups excluding tert-OH is 1. The van der Waals surface area contributed by atoms with Crippen LogP contribution in [0.2, 0.25) is 0 Å². The van der Waals surface area contributed by atoms with E-state index in [1.807, 2.05) is 0 Å². The highest BCUT2D eigenvalue weighted by atomic mass is 16.4. The smallest absolute Gasteiger partial charge is 0.317 e. The van der Waals surface area contributed by atoms with Crippen LogP contribution in [0.25, 0.3) is 0 Å². The van der Waals surface area contributed by atoms with Crippen LogP contribution in [-0.2, 0) is 4.79 Å². The van der Waals surface area contributed by atoms with E-state index in [4.69, 9.17) is 10.2 Å². The van der Waals surface area contributed by atoms with E-state index in [2.05, 4.69) is 5.32 Å². The number of rotatable bonds is 5. The third-order valence-corrected chi connectivity index (χ3v) is 1.66. The predicted octanol–water partition coefficient (Wildman–Crippen LogP) is -1.21. The lowest BCUT2D eigenvalue weighted by atomic mass is 10.0. The Morgan fingerprint density at radius 3 is 2.50 bits per heavy atom. The van der Waals surface area contributed by atoms with Gasteiger partial charge in [-0.3, -0.25) is 4.79 Å². The summed E-state index contributed by atoms with van der Waals surface area (Å²) in [6, 6.07) is 0. The first-order valence-corrected chi connectivity index (χ1v) is 3.69. The summed E-state index contributed by atoms with van der Waals surface area (Å²) >= 11 is 0. The molecule has 0 amide bonds. The minimum absolute atomic E-state index is 0.0525. The lowest BCUT2D eigenvalue weighted by Crippen LogP contribution is -2.47. The van der Waals surface area contributed by atoms with Crippen LogP contribution in [0.3, 0.4) is 0 Å². The number of carboxylic acids is 1. The fraction of sp³-hybridized carbons (Fsp3) is 0.857. The second-order valence-electron chi connectivity index (χ2n) is 3.03. The molecule has 0 aliphatic carbocycles. The van der Waals surface area contributed by atoms with Gasteiger partial charge in [-0.15, -0.1) is 0 Å². The largest absolute Gasteiger partial charge is 0.480 e. The molecule has 0 aliphatic heterocycles. The summed E-state index contributed by atoms with van der Waals surface area (Å²) in [6.45, 7) is 2.72. The molecule has 0 aromatic carbocycles. The van der Waals surface area contributed by atoms with Crippen molar-refractivity contribution in [3.8, 4) is 0 Å². The van der Waals surface area contributed by atoms with Gasteiger partial charge in [-0.25, -0.2) is 0 Å². The lowest BCUT2D eigenvalue weighted by Gasteiger charge is -2.26. The summed E-state index contributed by atoms with van der Waals surface area (Å²) < 4.78 is 0. The molecule has 4 N–H and O–H groups in total. The summed E-state index contributed by atoms with van der Waals surface area (Å²) in [5.41, 5.74) is -1.28. The van der Waals surface area contributed by atoms with Crippen molar-refractivity contribution in [2.24, 2.45) is 0 Å². The van der Waals surface area contributed by atoms with Crippen molar-refractivity contribution in [1.29, 1.82) is 0 Å². The first-order chi connectivity index (χ1) is 5.36. The Bertz CT molecular complexity index is 155. The van der Waals surface area contributed by atoms with E-state index in [-0.39, 0.29) is 13.1 Å². The van der Waals surface area contributed by atoms with Gasteiger partial charge in [-0.05, 0) is 13.8 Å². The Morgan fingerprint density at radius 1 is 1.67 bits per heavy atom. The van der Waals surface area contributed by atoms with Crippen LogP contribution in [0.1, 0.15) is 13.8 Å². The number of aliphatic hydroxyl groups is 2. The molecule has 0 fully saturated rings. The zero-order valence-corrected chi connectivity index (χ0v) is 7.24. The van der Waals surface area contributed by atoms with Crippen molar-refractivity contribution in [1.82, 2.24) is 5.32 Å². The van der Waals surface area contributed by atoms with E-state index in [9.17, 15) is 9.90 Å². The van der Waals surface area contributed by atoms with Gasteiger partial charge in [0.05, 0.1) is 18.2 Å². The van der Waals surface area contributed by atoms with Crippen molar-refractivity contribution in [2.45, 2.75) is 25.6 Å². The van der Waals surface area contributed by atoms with E-state index < -0.39 is 17.7 Å². The van der Waals surface area contributed by atoms with Crippen LogP contribution in [0, 0.1) is 0 Å². The predicted molar refractivity (Wildman–Crippen MR) is 42.8 cm³/mol. The van der Waals surface area contributed by atoms with Gasteiger partial charge in [-0.1, -0.05) is 0 Å². The van der Waals surface area contributed by atoms with E-state index in [1.54, 1.807) is 0 Å². The Hall–Kier alpha value is -0.650. The first kappa shape index (κ1) is 11.4. The summed E-state index contributed by atoms with van der Waals surface area (Å²) in [7, 11) is 0. The molecule has 2 atom stereocenters. The number of nitrogens with one attached hydrogen (secondary N) is 1. The molecule has 0 rings (SSSR count). The van der Waals surface area contributed by atoms with Crippen molar-refractivity contribution < 1.29 is 20.1 Å². The average molecular weight is 177 g/mol. The topological polar surface area (TPSA) is 89.8 Å². The number of aliphatic carboxylic acids is 1. The molecule has 0 aliphatic rings. The minimum Gasteiger partial charge on any atom is -0.480 e. The Balaban J connectivity index is 3.69. The maximum atomic E-state index is 10.0. The molecule has 5 heteroatoms. The van der Waals surface area contributed by atoms with Gasteiger partial charge >= 0.3 is 5.97 Å². The van der Waals surface area contributed by atoms with Crippen LogP contribution < -0.4 is 5.32 Å². The number of hydrogen-bond acceptors (Lipinski definition) is 4. The van der Waals surface area contributed by atoms with Crippen LogP contribution >= 0.6 is 0 Å². The minimum atomic E-state index is -1.28. The van der Waals surface area contributed by atoms with Gasteiger partial charge in [0.2, 0.25) is 0 Å². The zero-order valence-electron chi connectivity index (χ0n) is 7.24. The molecule has 5 nitrogen and oxygen atoms in total. The summed E-state index contributed by atoms with van der Waals surface area (Å²) in [5.74, 6) is -0.989. The van der Waals surface area contributed by atoms with E-state index >= 15 is 0 Å². The summed E-state index contributed by atoms with van der Waals surface area (Å²) in [6.07, 6.45) is -0.890. The highest BCUT2D eigenvalue weighted by molar-refractivity contribution is 5.68. The Labute approximate surface area is 71.0 Å². The standard InChI is InChI=1S/C7H15NO4/c1-5(9)7(2,12)4-8-3-6(10)11/h5,8-9,12H,3-4H2,1-2H3,(H,10,11). The van der Waals surface area contributed by atoms with Gasteiger partial charge in [0, 0.05) is 6.54 Å². The lowest BCUT2D eigenvalue weighted by molar-refractivity contribution is -0.136. The quantitative estimate of drug-likeness (QED) is 0.423. The maximum absolute atomic E-state index is 10.0. The van der Waals surface area contributed by atoms with Gasteiger partial charge in [0.1, 0.15) is 0 Å². The summed E-state index contributed by atoms with van der Waals surface area (Å²) in [5, 5.41) is 29.1. The second kappa shape index (κ2) is 4.39. The monoisotopic (exact) mass is 177 g/mol. The van der Waals surface area contributed by atoms with Crippen molar-refractivity contribution >= 4 is 5.97 Å². The number of carbonyl (C=O) groups is 1. The maximum Gasteiger partial charge on any atom is 0.317 e. The molecule has 0 aromatic heterocycles. The molecule has 0 spiro atoms. The fourth-order valence-corrected chi connectivity index (χ4v) is 0.570. The van der Waals surface area contributed by atoms with Crippen LogP contribution in [0.4, 0.5) is 0 Å². The van der Waals surface area contributed by atoms with E-state index in [0.717, 1.165) is 0 Å². The van der Waals surface area contributed by atoms with Crippen molar-refractivity contribution in [3.63, 3.8) is 0 Å². The van der Waals surface area contributed by atoms with Crippen LogP contribution in [-0.4, -0.2) is 46.1 Å². The third-order valence-electron chi connectivity index (χ3n) is 1.66. The van der Waals surface area contributed by atoms with E-state index in [1.165, 1.54) is 13.8 Å². The van der Waals surface area contributed by atoms with Gasteiger partial charge in [-0.2, -0.15) is 0 Å². The molecule has 2 unspecified atom stereocenters. The van der Waals surface area contributed by atoms with Crippen molar-refractivity contribution in [2.75, 3.05) is 13.1 Å².